The van der Waals surface area contributed by atoms with Gasteiger partial charge in [0.15, 0.2) is 14.6 Å². The van der Waals surface area contributed by atoms with Crippen molar-refractivity contribution in [2.45, 2.75) is 42.4 Å². The molecule has 2 aromatic carbocycles. The quantitative estimate of drug-likeness (QED) is 0.396. The lowest BCUT2D eigenvalue weighted by Crippen LogP contribution is -2.55. The van der Waals surface area contributed by atoms with E-state index in [4.69, 9.17) is 9.57 Å². The van der Waals surface area contributed by atoms with Crippen LogP contribution >= 0.6 is 15.9 Å². The molecule has 2 N–H and O–H groups in total. The van der Waals surface area contributed by atoms with Crippen LogP contribution in [-0.4, -0.2) is 38.8 Å². The Hall–Kier alpha value is -2.38. The van der Waals surface area contributed by atoms with E-state index in [0.29, 0.717) is 18.8 Å². The standard InChI is InChI=1S/C24H27BrN2O5S/c1-2-3-4-17-31-21-9-11-22(12-10-21)33(29,30)24(13-15-26-16-14-24)23(28)32-27-18-19-5-7-20(25)8-6-19/h5-12,26-27H,2,13-18H2,1H3. The summed E-state index contributed by atoms with van der Waals surface area (Å²) >= 11 is 3.37. The van der Waals surface area contributed by atoms with Crippen LogP contribution in [0.3, 0.4) is 0 Å². The lowest BCUT2D eigenvalue weighted by atomic mass is 9.97. The molecule has 0 spiro atoms. The summed E-state index contributed by atoms with van der Waals surface area (Å²) < 4.78 is 32.0. The van der Waals surface area contributed by atoms with Crippen LogP contribution in [0.5, 0.6) is 5.75 Å². The van der Waals surface area contributed by atoms with Gasteiger partial charge < -0.3 is 14.9 Å². The minimum atomic E-state index is -4.01. The number of hydrogen-bond acceptors (Lipinski definition) is 7. The fraction of sp³-hybridized carbons (Fsp3) is 0.375. The Morgan fingerprint density at radius 1 is 1.09 bits per heavy atom. The second-order valence-electron chi connectivity index (χ2n) is 7.55. The molecule has 0 radical (unpaired) electrons. The minimum Gasteiger partial charge on any atom is -0.481 e. The van der Waals surface area contributed by atoms with Crippen LogP contribution in [0.25, 0.3) is 0 Å². The predicted octanol–water partition coefficient (Wildman–Crippen LogP) is 3.39. The average Bonchev–Trinajstić information content (AvgIpc) is 2.83. The van der Waals surface area contributed by atoms with Crippen molar-refractivity contribution in [1.82, 2.24) is 10.8 Å². The van der Waals surface area contributed by atoms with Crippen LogP contribution in [0.15, 0.2) is 57.9 Å². The zero-order chi connectivity index (χ0) is 23.7. The summed E-state index contributed by atoms with van der Waals surface area (Å²) in [6.07, 6.45) is 0.990. The number of nitrogens with one attached hydrogen (secondary N) is 2. The zero-order valence-electron chi connectivity index (χ0n) is 18.4. The summed E-state index contributed by atoms with van der Waals surface area (Å²) in [5.74, 6) is 5.49. The van der Waals surface area contributed by atoms with Gasteiger partial charge in [-0.3, -0.25) is 0 Å². The minimum absolute atomic E-state index is 0.0567. The maximum Gasteiger partial charge on any atom is 0.346 e. The van der Waals surface area contributed by atoms with Gasteiger partial charge in [0.1, 0.15) is 12.4 Å². The molecular formula is C24H27BrN2O5S. The van der Waals surface area contributed by atoms with E-state index < -0.39 is 20.6 Å². The lowest BCUT2D eigenvalue weighted by Gasteiger charge is -2.34. The van der Waals surface area contributed by atoms with Crippen molar-refractivity contribution in [3.63, 3.8) is 0 Å². The summed E-state index contributed by atoms with van der Waals surface area (Å²) in [6.45, 7) is 3.24. The van der Waals surface area contributed by atoms with E-state index >= 15 is 0 Å². The highest BCUT2D eigenvalue weighted by Crippen LogP contribution is 2.35. The summed E-state index contributed by atoms with van der Waals surface area (Å²) in [7, 11) is -4.01. The molecule has 1 saturated heterocycles. The normalized spacial score (nSPS) is 15.2. The second kappa shape index (κ2) is 11.7. The van der Waals surface area contributed by atoms with Gasteiger partial charge in [0.05, 0.1) is 11.4 Å². The fourth-order valence-electron chi connectivity index (χ4n) is 3.53. The van der Waals surface area contributed by atoms with Crippen LogP contribution in [0.4, 0.5) is 0 Å². The van der Waals surface area contributed by atoms with Crippen molar-refractivity contribution < 1.29 is 22.8 Å². The van der Waals surface area contributed by atoms with E-state index in [9.17, 15) is 13.2 Å². The smallest absolute Gasteiger partial charge is 0.346 e. The first kappa shape index (κ1) is 25.2. The molecule has 3 rings (SSSR count). The Bertz CT molecular complexity index is 1100. The molecule has 1 aliphatic heterocycles. The number of rotatable bonds is 8. The van der Waals surface area contributed by atoms with Gasteiger partial charge >= 0.3 is 5.97 Å². The molecule has 176 valence electrons. The van der Waals surface area contributed by atoms with Gasteiger partial charge in [-0.05, 0) is 67.9 Å². The molecule has 0 unspecified atom stereocenters. The van der Waals surface area contributed by atoms with E-state index in [2.05, 4.69) is 38.6 Å². The number of hydrogen-bond donors (Lipinski definition) is 2. The molecule has 0 aromatic heterocycles. The van der Waals surface area contributed by atoms with Crippen molar-refractivity contribution >= 4 is 31.7 Å². The zero-order valence-corrected chi connectivity index (χ0v) is 20.8. The van der Waals surface area contributed by atoms with Gasteiger partial charge in [-0.25, -0.2) is 13.2 Å². The number of sulfone groups is 1. The molecule has 0 saturated carbocycles. The van der Waals surface area contributed by atoms with Gasteiger partial charge in [0.2, 0.25) is 0 Å². The maximum atomic E-state index is 13.6. The number of benzene rings is 2. The van der Waals surface area contributed by atoms with Crippen LogP contribution in [-0.2, 0) is 26.0 Å². The van der Waals surface area contributed by atoms with Crippen LogP contribution in [0, 0.1) is 11.8 Å². The molecule has 0 atom stereocenters. The van der Waals surface area contributed by atoms with Gasteiger partial charge in [-0.2, -0.15) is 0 Å². The molecule has 0 aliphatic carbocycles. The molecular weight excluding hydrogens is 508 g/mol. The molecule has 9 heteroatoms. The van der Waals surface area contributed by atoms with Gasteiger partial charge in [0, 0.05) is 10.9 Å². The van der Waals surface area contributed by atoms with Crippen molar-refractivity contribution in [2.75, 3.05) is 19.7 Å². The first-order valence-corrected chi connectivity index (χ1v) is 13.0. The summed E-state index contributed by atoms with van der Waals surface area (Å²) in [5, 5.41) is 3.12. The Morgan fingerprint density at radius 2 is 1.76 bits per heavy atom. The van der Waals surface area contributed by atoms with E-state index in [-0.39, 0.29) is 30.9 Å². The highest BCUT2D eigenvalue weighted by molar-refractivity contribution is 9.10. The van der Waals surface area contributed by atoms with E-state index in [1.165, 1.54) is 12.1 Å². The molecule has 33 heavy (non-hydrogen) atoms. The number of carbonyl (C=O) groups excluding carboxylic acids is 1. The largest absolute Gasteiger partial charge is 0.481 e. The van der Waals surface area contributed by atoms with E-state index in [1.807, 2.05) is 31.2 Å². The Balaban J connectivity index is 1.74. The molecule has 7 nitrogen and oxygen atoms in total. The van der Waals surface area contributed by atoms with Gasteiger partial charge in [0.25, 0.3) is 0 Å². The molecule has 0 bridgehead atoms. The topological polar surface area (TPSA) is 93.7 Å². The van der Waals surface area contributed by atoms with Crippen LogP contribution in [0.2, 0.25) is 0 Å². The average molecular weight is 535 g/mol. The highest BCUT2D eigenvalue weighted by Gasteiger charge is 2.53. The third kappa shape index (κ3) is 6.15. The number of piperidine rings is 1. The SMILES string of the molecule is CCC#CCOc1ccc(S(=O)(=O)C2(C(=O)ONCc3ccc(Br)cc3)CCNCC2)cc1. The summed E-state index contributed by atoms with van der Waals surface area (Å²) in [4.78, 5) is 18.5. The van der Waals surface area contributed by atoms with Gasteiger partial charge in [-0.15, -0.1) is 11.4 Å². The van der Waals surface area contributed by atoms with Gasteiger partial charge in [-0.1, -0.05) is 40.9 Å². The molecule has 2 aromatic rings. The first-order valence-electron chi connectivity index (χ1n) is 10.7. The molecule has 1 aliphatic rings. The third-order valence-corrected chi connectivity index (χ3v) is 8.42. The third-order valence-electron chi connectivity index (χ3n) is 5.40. The molecule has 1 heterocycles. The van der Waals surface area contributed by atoms with Crippen molar-refractivity contribution in [2.24, 2.45) is 0 Å². The molecule has 0 amide bonds. The van der Waals surface area contributed by atoms with Crippen molar-refractivity contribution in [3.05, 3.63) is 58.6 Å². The number of halogens is 1. The fourth-order valence-corrected chi connectivity index (χ4v) is 5.74. The van der Waals surface area contributed by atoms with Crippen LogP contribution < -0.4 is 15.5 Å². The number of carbonyl (C=O) groups is 1. The first-order chi connectivity index (χ1) is 15.9. The highest BCUT2D eigenvalue weighted by atomic mass is 79.9. The Labute approximate surface area is 203 Å². The summed E-state index contributed by atoms with van der Waals surface area (Å²) in [5.41, 5.74) is 3.52. The van der Waals surface area contributed by atoms with E-state index in [0.717, 1.165) is 16.5 Å². The van der Waals surface area contributed by atoms with Crippen LogP contribution in [0.1, 0.15) is 31.7 Å². The Kier molecular flexibility index (Phi) is 8.92. The Morgan fingerprint density at radius 3 is 2.39 bits per heavy atom. The van der Waals surface area contributed by atoms with E-state index in [1.54, 1.807) is 12.1 Å². The monoisotopic (exact) mass is 534 g/mol. The number of ether oxygens (including phenoxy) is 1. The maximum absolute atomic E-state index is 13.6. The predicted molar refractivity (Wildman–Crippen MR) is 129 cm³/mol. The number of hydroxylamine groups is 1. The van der Waals surface area contributed by atoms with Crippen molar-refractivity contribution in [3.8, 4) is 17.6 Å². The summed E-state index contributed by atoms with van der Waals surface area (Å²) in [6, 6.07) is 13.6. The second-order valence-corrected chi connectivity index (χ2v) is 10.7. The van der Waals surface area contributed by atoms with Crippen molar-refractivity contribution in [1.29, 1.82) is 0 Å². The lowest BCUT2D eigenvalue weighted by molar-refractivity contribution is -0.155. The molecule has 1 fully saturated rings.